The second-order valence-corrected chi connectivity index (χ2v) is 11.8. The number of carbonyl (C=O) groups excluding carboxylic acids is 1. The van der Waals surface area contributed by atoms with Gasteiger partial charge in [0.05, 0.1) is 25.1 Å². The number of rotatable bonds is 10. The lowest BCUT2D eigenvalue weighted by molar-refractivity contribution is 0.0528. The Morgan fingerprint density at radius 2 is 1.52 bits per heavy atom. The first-order valence-electron chi connectivity index (χ1n) is 13.5. The molecule has 9 heteroatoms. The van der Waals surface area contributed by atoms with Gasteiger partial charge in [-0.05, 0) is 55.0 Å². The quantitative estimate of drug-likeness (QED) is 0.164. The Morgan fingerprint density at radius 3 is 2.14 bits per heavy atom. The number of anilines is 2. The lowest BCUT2D eigenvalue weighted by atomic mass is 9.98. The van der Waals surface area contributed by atoms with E-state index in [2.05, 4.69) is 0 Å². The Balaban J connectivity index is 1.71. The number of ether oxygens (including phenoxy) is 1. The summed E-state index contributed by atoms with van der Waals surface area (Å²) in [6, 6.07) is 28.1. The summed E-state index contributed by atoms with van der Waals surface area (Å²) in [5, 5.41) is 0.463. The van der Waals surface area contributed by atoms with Crippen molar-refractivity contribution in [2.45, 2.75) is 6.92 Å². The number of benzene rings is 4. The van der Waals surface area contributed by atoms with E-state index in [1.54, 1.807) is 19.1 Å². The average Bonchev–Trinajstić information content (AvgIpc) is 3.36. The Morgan fingerprint density at radius 1 is 0.881 bits per heavy atom. The van der Waals surface area contributed by atoms with Crippen LogP contribution in [0.15, 0.2) is 101 Å². The maximum Gasteiger partial charge on any atom is 0.342 e. The van der Waals surface area contributed by atoms with Crippen LogP contribution >= 0.6 is 0 Å². The van der Waals surface area contributed by atoms with Crippen LogP contribution in [0, 0.1) is 5.82 Å². The molecule has 0 fully saturated rings. The first-order valence-corrected chi connectivity index (χ1v) is 15.3. The molecule has 0 N–H and O–H groups in total. The number of carbonyl (C=O) groups is 1. The fourth-order valence-corrected chi connectivity index (χ4v) is 5.84. The minimum absolute atomic E-state index is 0.148. The van der Waals surface area contributed by atoms with Gasteiger partial charge in [-0.15, -0.1) is 0 Å². The zero-order chi connectivity index (χ0) is 29.9. The fourth-order valence-electron chi connectivity index (χ4n) is 4.92. The van der Waals surface area contributed by atoms with Crippen LogP contribution in [0.1, 0.15) is 17.3 Å². The molecule has 1 aromatic heterocycles. The van der Waals surface area contributed by atoms with Gasteiger partial charge in [0.15, 0.2) is 0 Å². The summed E-state index contributed by atoms with van der Waals surface area (Å²) in [6.07, 6.45) is 1.17. The summed E-state index contributed by atoms with van der Waals surface area (Å²) in [4.78, 5) is 15.2. The zero-order valence-electron chi connectivity index (χ0n) is 23.6. The van der Waals surface area contributed by atoms with Crippen molar-refractivity contribution in [1.29, 1.82) is 0 Å². The molecular weight excluding hydrogens is 555 g/mol. The predicted molar refractivity (Wildman–Crippen MR) is 165 cm³/mol. The monoisotopic (exact) mass is 586 g/mol. The molecule has 0 saturated heterocycles. The first-order chi connectivity index (χ1) is 20.2. The van der Waals surface area contributed by atoms with Crippen molar-refractivity contribution in [3.8, 4) is 22.5 Å². The van der Waals surface area contributed by atoms with Crippen LogP contribution in [-0.2, 0) is 14.8 Å². The van der Waals surface area contributed by atoms with Gasteiger partial charge in [-0.3, -0.25) is 4.31 Å². The van der Waals surface area contributed by atoms with Crippen molar-refractivity contribution < 1.29 is 26.8 Å². The number of likely N-dealkylation sites (N-methyl/N-ethyl adjacent to an activating group) is 1. The first kappa shape index (κ1) is 28.9. The molecule has 0 saturated carbocycles. The SMILES string of the molecule is CCOC(=O)c1c(-c2ccc(F)cc2)oc2cc(N(CCN(C)c3ccccc3)S(C)(=O)=O)c(-c3ccccc3)cc12. The van der Waals surface area contributed by atoms with E-state index < -0.39 is 21.8 Å². The van der Waals surface area contributed by atoms with E-state index in [0.29, 0.717) is 34.3 Å². The van der Waals surface area contributed by atoms with Crippen LogP contribution in [0.5, 0.6) is 0 Å². The van der Waals surface area contributed by atoms with Crippen LogP contribution in [0.3, 0.4) is 0 Å². The highest BCUT2D eigenvalue weighted by molar-refractivity contribution is 7.92. The van der Waals surface area contributed by atoms with Crippen LogP contribution in [0.25, 0.3) is 33.4 Å². The van der Waals surface area contributed by atoms with Crippen molar-refractivity contribution in [2.24, 2.45) is 0 Å². The van der Waals surface area contributed by atoms with Crippen LogP contribution in [0.2, 0.25) is 0 Å². The van der Waals surface area contributed by atoms with E-state index in [4.69, 9.17) is 9.15 Å². The highest BCUT2D eigenvalue weighted by atomic mass is 32.2. The van der Waals surface area contributed by atoms with E-state index in [1.165, 1.54) is 34.8 Å². The molecule has 4 aromatic carbocycles. The molecule has 0 aliphatic carbocycles. The number of esters is 1. The summed E-state index contributed by atoms with van der Waals surface area (Å²) in [5.74, 6) is -0.799. The largest absolute Gasteiger partial charge is 0.462 e. The highest BCUT2D eigenvalue weighted by Crippen LogP contribution is 2.42. The number of nitrogens with zero attached hydrogens (tertiary/aromatic N) is 2. The summed E-state index contributed by atoms with van der Waals surface area (Å²) < 4.78 is 53.3. The van der Waals surface area contributed by atoms with Crippen molar-refractivity contribution in [3.05, 3.63) is 108 Å². The van der Waals surface area contributed by atoms with Gasteiger partial charge in [0.2, 0.25) is 10.0 Å². The Hall–Kier alpha value is -4.63. The van der Waals surface area contributed by atoms with Crippen LogP contribution in [0.4, 0.5) is 15.8 Å². The molecule has 42 heavy (non-hydrogen) atoms. The van der Waals surface area contributed by atoms with Crippen molar-refractivity contribution in [3.63, 3.8) is 0 Å². The van der Waals surface area contributed by atoms with E-state index in [9.17, 15) is 17.6 Å². The van der Waals surface area contributed by atoms with Gasteiger partial charge >= 0.3 is 5.97 Å². The third-order valence-electron chi connectivity index (χ3n) is 6.98. The van der Waals surface area contributed by atoms with Crippen molar-refractivity contribution in [1.82, 2.24) is 0 Å². The Kier molecular flexibility index (Phi) is 8.31. The maximum atomic E-state index is 13.7. The second kappa shape index (κ2) is 12.1. The molecule has 0 aliphatic rings. The number of furan rings is 1. The van der Waals surface area contributed by atoms with E-state index in [-0.39, 0.29) is 24.5 Å². The lowest BCUT2D eigenvalue weighted by Crippen LogP contribution is -2.37. The molecule has 5 rings (SSSR count). The Bertz CT molecular complexity index is 1800. The molecule has 0 unspecified atom stereocenters. The minimum Gasteiger partial charge on any atom is -0.462 e. The van der Waals surface area contributed by atoms with Gasteiger partial charge in [0, 0.05) is 41.9 Å². The molecule has 0 radical (unpaired) electrons. The van der Waals surface area contributed by atoms with Crippen LogP contribution in [-0.4, -0.2) is 47.4 Å². The predicted octanol–water partition coefficient (Wildman–Crippen LogP) is 6.99. The molecule has 0 atom stereocenters. The molecule has 216 valence electrons. The molecule has 0 bridgehead atoms. The standard InChI is InChI=1S/C33H31FN2O5S/c1-4-40-33(37)31-28-21-27(23-11-7-5-8-12-23)29(22-30(28)41-32(31)24-15-17-25(34)18-16-24)36(42(3,38)39)20-19-35(2)26-13-9-6-10-14-26/h5-18,21-22H,4,19-20H2,1-3H3. The average molecular weight is 587 g/mol. The topological polar surface area (TPSA) is 80.1 Å². The molecule has 0 amide bonds. The van der Waals surface area contributed by atoms with Gasteiger partial charge < -0.3 is 14.1 Å². The number of sulfonamides is 1. The third-order valence-corrected chi connectivity index (χ3v) is 8.16. The number of hydrogen-bond donors (Lipinski definition) is 0. The molecular formula is C33H31FN2O5S. The number of halogens is 1. The summed E-state index contributed by atoms with van der Waals surface area (Å²) in [6.45, 7) is 2.43. The van der Waals surface area contributed by atoms with E-state index >= 15 is 0 Å². The summed E-state index contributed by atoms with van der Waals surface area (Å²) in [7, 11) is -1.84. The number of hydrogen-bond acceptors (Lipinski definition) is 6. The molecule has 0 aliphatic heterocycles. The van der Waals surface area contributed by atoms with Gasteiger partial charge in [-0.2, -0.15) is 0 Å². The zero-order valence-corrected chi connectivity index (χ0v) is 24.4. The molecule has 0 spiro atoms. The second-order valence-electron chi connectivity index (χ2n) is 9.86. The van der Waals surface area contributed by atoms with Gasteiger partial charge in [-0.1, -0.05) is 48.5 Å². The third kappa shape index (κ3) is 6.01. The van der Waals surface area contributed by atoms with E-state index in [1.807, 2.05) is 72.6 Å². The fraction of sp³-hybridized carbons (Fsp3) is 0.182. The summed E-state index contributed by atoms with van der Waals surface area (Å²) >= 11 is 0. The Labute approximate surface area is 244 Å². The smallest absolute Gasteiger partial charge is 0.342 e. The summed E-state index contributed by atoms with van der Waals surface area (Å²) in [5.41, 5.74) is 3.72. The lowest BCUT2D eigenvalue weighted by Gasteiger charge is -2.28. The van der Waals surface area contributed by atoms with Gasteiger partial charge in [0.25, 0.3) is 0 Å². The molecule has 1 heterocycles. The highest BCUT2D eigenvalue weighted by Gasteiger charge is 2.28. The number of fused-ring (bicyclic) bond motifs is 1. The van der Waals surface area contributed by atoms with Gasteiger partial charge in [-0.25, -0.2) is 17.6 Å². The maximum absolute atomic E-state index is 13.7. The van der Waals surface area contributed by atoms with Crippen molar-refractivity contribution >= 4 is 38.3 Å². The minimum atomic E-state index is -3.75. The van der Waals surface area contributed by atoms with E-state index in [0.717, 1.165) is 11.3 Å². The van der Waals surface area contributed by atoms with Crippen molar-refractivity contribution in [2.75, 3.05) is 42.2 Å². The van der Waals surface area contributed by atoms with Crippen LogP contribution < -0.4 is 9.21 Å². The normalized spacial score (nSPS) is 11.4. The molecule has 7 nitrogen and oxygen atoms in total. The number of para-hydroxylation sites is 1. The van der Waals surface area contributed by atoms with Gasteiger partial charge in [0.1, 0.15) is 22.7 Å². The molecule has 5 aromatic rings.